The summed E-state index contributed by atoms with van der Waals surface area (Å²) in [5.41, 5.74) is 14.2. The molecule has 0 fully saturated rings. The van der Waals surface area contributed by atoms with Crippen LogP contribution in [0.1, 0.15) is 22.3 Å². The average molecular weight is 758 g/mol. The second-order valence-corrected chi connectivity index (χ2v) is 16.3. The standard InChI is InChI=1S/C55H35NOS/c1-3-17-38(18-4-1)55(39-19-5-2-6-20-39)46-26-10-7-24-44(46)53-47(55)27-15-28-48(53)56(49-29-14-25-43-41-22-8-11-30-50(41)57-54(43)49)40-21-13-16-36(34-40)37-32-33-52-45(35-37)42-23-9-12-31-51(42)58-52/h1-35H. The van der Waals surface area contributed by atoms with Crippen LogP contribution in [0.2, 0.25) is 0 Å². The first-order valence-electron chi connectivity index (χ1n) is 19.8. The average Bonchev–Trinajstić information content (AvgIpc) is 3.96. The highest BCUT2D eigenvalue weighted by Gasteiger charge is 2.47. The summed E-state index contributed by atoms with van der Waals surface area (Å²) in [5, 5.41) is 4.81. The Kier molecular flexibility index (Phi) is 7.35. The number of hydrogen-bond acceptors (Lipinski definition) is 3. The minimum absolute atomic E-state index is 0.526. The summed E-state index contributed by atoms with van der Waals surface area (Å²) < 4.78 is 9.45. The van der Waals surface area contributed by atoms with Gasteiger partial charge in [-0.2, -0.15) is 0 Å². The Morgan fingerprint density at radius 2 is 1.03 bits per heavy atom. The lowest BCUT2D eigenvalue weighted by atomic mass is 9.68. The van der Waals surface area contributed by atoms with Crippen LogP contribution < -0.4 is 4.90 Å². The first-order chi connectivity index (χ1) is 28.8. The number of anilines is 3. The van der Waals surface area contributed by atoms with Crippen molar-refractivity contribution in [1.29, 1.82) is 0 Å². The molecular formula is C55H35NOS. The van der Waals surface area contributed by atoms with Crippen LogP contribution in [0.15, 0.2) is 217 Å². The number of thiophene rings is 1. The van der Waals surface area contributed by atoms with E-state index in [2.05, 4.69) is 211 Å². The van der Waals surface area contributed by atoms with Gasteiger partial charge >= 0.3 is 0 Å². The number of nitrogens with zero attached hydrogens (tertiary/aromatic N) is 1. The van der Waals surface area contributed by atoms with Gasteiger partial charge in [0.1, 0.15) is 5.58 Å². The molecule has 0 atom stereocenters. The molecule has 3 heteroatoms. The summed E-state index contributed by atoms with van der Waals surface area (Å²) in [5.74, 6) is 0. The van der Waals surface area contributed by atoms with Gasteiger partial charge in [-0.1, -0.05) is 164 Å². The van der Waals surface area contributed by atoms with Gasteiger partial charge in [-0.05, 0) is 87.5 Å². The zero-order valence-electron chi connectivity index (χ0n) is 31.5. The van der Waals surface area contributed by atoms with Crippen molar-refractivity contribution in [1.82, 2.24) is 0 Å². The van der Waals surface area contributed by atoms with Crippen molar-refractivity contribution in [2.75, 3.05) is 4.90 Å². The second kappa shape index (κ2) is 12.9. The first kappa shape index (κ1) is 33.0. The normalized spacial score (nSPS) is 13.0. The zero-order chi connectivity index (χ0) is 38.2. The van der Waals surface area contributed by atoms with E-state index in [9.17, 15) is 0 Å². The van der Waals surface area contributed by atoms with E-state index in [1.165, 1.54) is 59.1 Å². The van der Waals surface area contributed by atoms with Crippen molar-refractivity contribution in [3.63, 3.8) is 0 Å². The van der Waals surface area contributed by atoms with Gasteiger partial charge in [0, 0.05) is 42.2 Å². The molecule has 0 radical (unpaired) electrons. The van der Waals surface area contributed by atoms with E-state index in [4.69, 9.17) is 4.42 Å². The van der Waals surface area contributed by atoms with Gasteiger partial charge in [0.15, 0.2) is 5.58 Å². The minimum Gasteiger partial charge on any atom is -0.454 e. The van der Waals surface area contributed by atoms with E-state index >= 15 is 0 Å². The van der Waals surface area contributed by atoms with Gasteiger partial charge in [0.25, 0.3) is 0 Å². The summed E-state index contributed by atoms with van der Waals surface area (Å²) in [6.07, 6.45) is 0. The molecule has 0 aliphatic heterocycles. The molecule has 0 unspecified atom stereocenters. The molecule has 0 saturated carbocycles. The van der Waals surface area contributed by atoms with Crippen molar-refractivity contribution >= 4 is 70.5 Å². The Labute approximate surface area is 340 Å². The van der Waals surface area contributed by atoms with Crippen LogP contribution in [0.25, 0.3) is 64.4 Å². The molecule has 0 saturated heterocycles. The molecule has 2 heterocycles. The molecule has 58 heavy (non-hydrogen) atoms. The van der Waals surface area contributed by atoms with Gasteiger partial charge in [0.2, 0.25) is 0 Å². The molecule has 2 nitrogen and oxygen atoms in total. The summed E-state index contributed by atoms with van der Waals surface area (Å²) in [4.78, 5) is 2.44. The first-order valence-corrected chi connectivity index (χ1v) is 20.7. The molecule has 12 rings (SSSR count). The third kappa shape index (κ3) is 4.78. The fourth-order valence-electron chi connectivity index (χ4n) is 9.71. The Bertz CT molecular complexity index is 3320. The zero-order valence-corrected chi connectivity index (χ0v) is 32.3. The number of rotatable bonds is 6. The molecule has 0 bridgehead atoms. The SMILES string of the molecule is c1ccc(C2(c3ccccc3)c3ccccc3-c3c(N(c4cccc(-c5ccc6sc7ccccc7c6c5)c4)c4cccc5c4oc4ccccc45)cccc32)cc1. The van der Waals surface area contributed by atoms with Crippen LogP contribution in [-0.2, 0) is 5.41 Å². The second-order valence-electron chi connectivity index (χ2n) is 15.2. The van der Waals surface area contributed by atoms with E-state index < -0.39 is 5.41 Å². The van der Waals surface area contributed by atoms with Crippen LogP contribution >= 0.6 is 11.3 Å². The number of furan rings is 1. The van der Waals surface area contributed by atoms with Gasteiger partial charge in [-0.3, -0.25) is 0 Å². The molecule has 2 aromatic heterocycles. The van der Waals surface area contributed by atoms with Crippen LogP contribution in [0.4, 0.5) is 17.1 Å². The maximum atomic E-state index is 6.83. The van der Waals surface area contributed by atoms with E-state index in [0.29, 0.717) is 0 Å². The highest BCUT2D eigenvalue weighted by Crippen LogP contribution is 2.60. The molecule has 0 spiro atoms. The van der Waals surface area contributed by atoms with E-state index in [1.54, 1.807) is 0 Å². The fourth-order valence-corrected chi connectivity index (χ4v) is 10.8. The van der Waals surface area contributed by atoms with E-state index in [-0.39, 0.29) is 0 Å². The lowest BCUT2D eigenvalue weighted by molar-refractivity contribution is 0.669. The van der Waals surface area contributed by atoms with Crippen LogP contribution in [0, 0.1) is 0 Å². The topological polar surface area (TPSA) is 16.4 Å². The highest BCUT2D eigenvalue weighted by molar-refractivity contribution is 7.25. The molecule has 1 aliphatic rings. The third-order valence-electron chi connectivity index (χ3n) is 12.1. The van der Waals surface area contributed by atoms with Crippen molar-refractivity contribution in [2.45, 2.75) is 5.41 Å². The van der Waals surface area contributed by atoms with Crippen molar-refractivity contribution in [2.24, 2.45) is 0 Å². The summed E-state index contributed by atoms with van der Waals surface area (Å²) in [6, 6.07) is 77.5. The lowest BCUT2D eigenvalue weighted by Crippen LogP contribution is -2.28. The molecule has 272 valence electrons. The van der Waals surface area contributed by atoms with E-state index in [1.807, 2.05) is 17.4 Å². The quantitative estimate of drug-likeness (QED) is 0.168. The molecular weight excluding hydrogens is 723 g/mol. The Hall–Kier alpha value is -7.20. The van der Waals surface area contributed by atoms with Crippen LogP contribution in [0.3, 0.4) is 0 Å². The van der Waals surface area contributed by atoms with Gasteiger partial charge < -0.3 is 9.32 Å². The molecule has 9 aromatic carbocycles. The number of para-hydroxylation sites is 2. The monoisotopic (exact) mass is 757 g/mol. The van der Waals surface area contributed by atoms with Crippen LogP contribution in [0.5, 0.6) is 0 Å². The minimum atomic E-state index is -0.526. The smallest absolute Gasteiger partial charge is 0.159 e. The third-order valence-corrected chi connectivity index (χ3v) is 13.3. The maximum absolute atomic E-state index is 6.83. The lowest BCUT2D eigenvalue weighted by Gasteiger charge is -2.34. The molecule has 1 aliphatic carbocycles. The predicted molar refractivity (Wildman–Crippen MR) is 244 cm³/mol. The number of hydrogen-bond donors (Lipinski definition) is 0. The maximum Gasteiger partial charge on any atom is 0.159 e. The summed E-state index contributed by atoms with van der Waals surface area (Å²) >= 11 is 1.85. The Morgan fingerprint density at radius 3 is 1.88 bits per heavy atom. The molecule has 0 N–H and O–H groups in total. The number of benzene rings is 9. The van der Waals surface area contributed by atoms with Gasteiger partial charge in [-0.15, -0.1) is 11.3 Å². The number of fused-ring (bicyclic) bond motifs is 9. The summed E-state index contributed by atoms with van der Waals surface area (Å²) in [7, 11) is 0. The predicted octanol–water partition coefficient (Wildman–Crippen LogP) is 15.5. The van der Waals surface area contributed by atoms with Crippen molar-refractivity contribution < 1.29 is 4.42 Å². The van der Waals surface area contributed by atoms with Crippen LogP contribution in [-0.4, -0.2) is 0 Å². The largest absolute Gasteiger partial charge is 0.454 e. The van der Waals surface area contributed by atoms with Crippen molar-refractivity contribution in [3.8, 4) is 22.3 Å². The molecule has 0 amide bonds. The van der Waals surface area contributed by atoms with Crippen molar-refractivity contribution in [3.05, 3.63) is 235 Å². The summed E-state index contributed by atoms with van der Waals surface area (Å²) in [6.45, 7) is 0. The fraction of sp³-hybridized carbons (Fsp3) is 0.0182. The Balaban J connectivity index is 1.15. The molecule has 11 aromatic rings. The van der Waals surface area contributed by atoms with E-state index in [0.717, 1.165) is 44.6 Å². The van der Waals surface area contributed by atoms with Gasteiger partial charge in [0.05, 0.1) is 16.8 Å². The Morgan fingerprint density at radius 1 is 0.414 bits per heavy atom. The van der Waals surface area contributed by atoms with Gasteiger partial charge in [-0.25, -0.2) is 0 Å². The highest BCUT2D eigenvalue weighted by atomic mass is 32.1.